The topological polar surface area (TPSA) is 17.1 Å². The molecule has 0 spiro atoms. The van der Waals surface area contributed by atoms with Crippen molar-refractivity contribution in [2.75, 3.05) is 0 Å². The molecule has 0 saturated heterocycles. The summed E-state index contributed by atoms with van der Waals surface area (Å²) in [6, 6.07) is 6.70. The summed E-state index contributed by atoms with van der Waals surface area (Å²) in [6.07, 6.45) is 2.51. The smallest absolute Gasteiger partial charge is 0.136 e. The second-order valence-electron chi connectivity index (χ2n) is 4.54. The first-order valence-electron chi connectivity index (χ1n) is 4.98. The summed E-state index contributed by atoms with van der Waals surface area (Å²) in [5.41, 5.74) is 1.02. The highest BCUT2D eigenvalue weighted by atomic mass is 19.1. The molecule has 72 valence electrons. The van der Waals surface area contributed by atoms with Crippen LogP contribution < -0.4 is 0 Å². The van der Waals surface area contributed by atoms with Crippen molar-refractivity contribution in [2.24, 2.45) is 5.92 Å². The van der Waals surface area contributed by atoms with Crippen LogP contribution in [0.1, 0.15) is 24.8 Å². The third kappa shape index (κ3) is 0.912. The van der Waals surface area contributed by atoms with Crippen molar-refractivity contribution in [1.29, 1.82) is 0 Å². The zero-order valence-electron chi connectivity index (χ0n) is 7.79. The maximum Gasteiger partial charge on any atom is 0.136 e. The first-order chi connectivity index (χ1) is 6.70. The lowest BCUT2D eigenvalue weighted by atomic mass is 9.65. The van der Waals surface area contributed by atoms with Gasteiger partial charge in [-0.1, -0.05) is 12.1 Å². The van der Waals surface area contributed by atoms with Gasteiger partial charge in [0.1, 0.15) is 11.6 Å². The Morgan fingerprint density at radius 2 is 2.14 bits per heavy atom. The molecule has 0 unspecified atom stereocenters. The van der Waals surface area contributed by atoms with E-state index < -0.39 is 0 Å². The van der Waals surface area contributed by atoms with Crippen molar-refractivity contribution in [1.82, 2.24) is 0 Å². The van der Waals surface area contributed by atoms with Crippen LogP contribution in [0.2, 0.25) is 0 Å². The molecule has 3 fully saturated rings. The first-order valence-corrected chi connectivity index (χ1v) is 4.98. The summed E-state index contributed by atoms with van der Waals surface area (Å²) < 4.78 is 13.0. The fourth-order valence-electron chi connectivity index (χ4n) is 2.89. The fourth-order valence-corrected chi connectivity index (χ4v) is 2.89. The number of hydrogen-bond acceptors (Lipinski definition) is 1. The van der Waals surface area contributed by atoms with E-state index in [0.29, 0.717) is 12.2 Å². The number of hydrogen-bond donors (Lipinski definition) is 0. The molecule has 2 bridgehead atoms. The van der Waals surface area contributed by atoms with E-state index in [1.54, 1.807) is 12.1 Å². The van der Waals surface area contributed by atoms with Gasteiger partial charge in [-0.15, -0.1) is 0 Å². The third-order valence-electron chi connectivity index (χ3n) is 3.68. The van der Waals surface area contributed by atoms with Crippen LogP contribution in [0.3, 0.4) is 0 Å². The Bertz CT molecular complexity index is 405. The lowest BCUT2D eigenvalue weighted by Gasteiger charge is -2.37. The highest BCUT2D eigenvalue weighted by Crippen LogP contribution is 2.57. The highest BCUT2D eigenvalue weighted by Gasteiger charge is 2.56. The fraction of sp³-hybridized carbons (Fsp3) is 0.417. The van der Waals surface area contributed by atoms with Crippen molar-refractivity contribution < 1.29 is 9.18 Å². The molecule has 0 radical (unpaired) electrons. The molecular weight excluding hydrogens is 179 g/mol. The number of carbonyl (C=O) groups is 1. The van der Waals surface area contributed by atoms with Gasteiger partial charge in [-0.25, -0.2) is 4.39 Å². The van der Waals surface area contributed by atoms with Crippen molar-refractivity contribution in [2.45, 2.75) is 24.7 Å². The quantitative estimate of drug-likeness (QED) is 0.664. The number of Topliss-reactive ketones (excluding diaryl/α,β-unsaturated/α-hetero) is 1. The predicted molar refractivity (Wildman–Crippen MR) is 50.4 cm³/mol. The monoisotopic (exact) mass is 190 g/mol. The highest BCUT2D eigenvalue weighted by molar-refractivity contribution is 5.89. The van der Waals surface area contributed by atoms with Gasteiger partial charge in [0.2, 0.25) is 0 Å². The Morgan fingerprint density at radius 1 is 1.36 bits per heavy atom. The summed E-state index contributed by atoms with van der Waals surface area (Å²) in [6.45, 7) is 0. The lowest BCUT2D eigenvalue weighted by molar-refractivity contribution is -0.119. The van der Waals surface area contributed by atoms with Crippen molar-refractivity contribution in [3.63, 3.8) is 0 Å². The summed E-state index contributed by atoms with van der Waals surface area (Å²) in [4.78, 5) is 11.4. The van der Waals surface area contributed by atoms with Gasteiger partial charge in [-0.2, -0.15) is 0 Å². The van der Waals surface area contributed by atoms with Crippen LogP contribution in [0.4, 0.5) is 4.39 Å². The molecule has 2 heteroatoms. The average molecular weight is 190 g/mol. The molecule has 0 heterocycles. The molecule has 14 heavy (non-hydrogen) atoms. The van der Waals surface area contributed by atoms with E-state index in [1.807, 2.05) is 6.07 Å². The number of rotatable bonds is 1. The molecule has 4 rings (SSSR count). The van der Waals surface area contributed by atoms with Crippen LogP contribution in [0.5, 0.6) is 0 Å². The number of ketones is 1. The Balaban J connectivity index is 2.01. The molecule has 0 aliphatic heterocycles. The average Bonchev–Trinajstić information content (AvgIpc) is 2.56. The van der Waals surface area contributed by atoms with Gasteiger partial charge in [0, 0.05) is 17.8 Å². The SMILES string of the molecule is O=C1CC2(c3cccc(F)c3)CC1C2. The molecule has 1 aromatic carbocycles. The largest absolute Gasteiger partial charge is 0.299 e. The molecule has 1 aromatic rings. The minimum Gasteiger partial charge on any atom is -0.299 e. The van der Waals surface area contributed by atoms with E-state index in [4.69, 9.17) is 0 Å². The molecule has 1 nitrogen and oxygen atoms in total. The van der Waals surface area contributed by atoms with Crippen molar-refractivity contribution in [3.05, 3.63) is 35.6 Å². The van der Waals surface area contributed by atoms with Gasteiger partial charge < -0.3 is 0 Å². The zero-order valence-corrected chi connectivity index (χ0v) is 7.79. The van der Waals surface area contributed by atoms with Crippen molar-refractivity contribution >= 4 is 5.78 Å². The normalized spacial score (nSPS) is 34.4. The van der Waals surface area contributed by atoms with Crippen LogP contribution in [0.15, 0.2) is 24.3 Å². The van der Waals surface area contributed by atoms with Crippen LogP contribution in [-0.4, -0.2) is 5.78 Å². The molecule has 3 aliphatic rings. The van der Waals surface area contributed by atoms with Gasteiger partial charge in [0.25, 0.3) is 0 Å². The van der Waals surface area contributed by atoms with E-state index in [2.05, 4.69) is 0 Å². The van der Waals surface area contributed by atoms with E-state index in [1.165, 1.54) is 6.07 Å². The number of halogens is 1. The number of benzene rings is 1. The minimum atomic E-state index is -0.195. The van der Waals surface area contributed by atoms with Crippen molar-refractivity contribution in [3.8, 4) is 0 Å². The molecule has 3 saturated carbocycles. The summed E-state index contributed by atoms with van der Waals surface area (Å²) >= 11 is 0. The van der Waals surface area contributed by atoms with E-state index >= 15 is 0 Å². The molecular formula is C12H11FO. The van der Waals surface area contributed by atoms with E-state index in [9.17, 15) is 9.18 Å². The molecule has 0 atom stereocenters. The molecule has 3 aliphatic carbocycles. The van der Waals surface area contributed by atoms with E-state index in [0.717, 1.165) is 18.4 Å². The standard InChI is InChI=1S/C12H11FO/c13-10-3-1-2-9(4-10)12-5-8(6-12)11(14)7-12/h1-4,8H,5-7H2. The molecule has 0 N–H and O–H groups in total. The Labute approximate surface area is 81.9 Å². The number of carbonyl (C=O) groups excluding carboxylic acids is 1. The summed E-state index contributed by atoms with van der Waals surface area (Å²) in [5, 5.41) is 0. The maximum absolute atomic E-state index is 13.0. The lowest BCUT2D eigenvalue weighted by Crippen LogP contribution is -2.32. The Morgan fingerprint density at radius 3 is 2.71 bits per heavy atom. The predicted octanol–water partition coefficient (Wildman–Crippen LogP) is 2.45. The van der Waals surface area contributed by atoms with Gasteiger partial charge in [-0.05, 0) is 30.5 Å². The second kappa shape index (κ2) is 2.44. The van der Waals surface area contributed by atoms with Crippen LogP contribution >= 0.6 is 0 Å². The Kier molecular flexibility index (Phi) is 1.42. The number of fused-ring (bicyclic) bond motifs is 1. The molecule has 0 amide bonds. The van der Waals surface area contributed by atoms with Crippen LogP contribution in [0.25, 0.3) is 0 Å². The van der Waals surface area contributed by atoms with Gasteiger partial charge in [0.15, 0.2) is 0 Å². The van der Waals surface area contributed by atoms with Gasteiger partial charge >= 0.3 is 0 Å². The second-order valence-corrected chi connectivity index (χ2v) is 4.54. The van der Waals surface area contributed by atoms with Gasteiger partial charge in [0.05, 0.1) is 0 Å². The molecule has 0 aromatic heterocycles. The third-order valence-corrected chi connectivity index (χ3v) is 3.68. The van der Waals surface area contributed by atoms with Crippen LogP contribution in [-0.2, 0) is 10.2 Å². The maximum atomic E-state index is 13.0. The first kappa shape index (κ1) is 8.16. The van der Waals surface area contributed by atoms with Crippen LogP contribution in [0, 0.1) is 11.7 Å². The Hall–Kier alpha value is -1.18. The van der Waals surface area contributed by atoms with E-state index in [-0.39, 0.29) is 17.2 Å². The summed E-state index contributed by atoms with van der Waals surface area (Å²) in [5.74, 6) is 0.451. The minimum absolute atomic E-state index is 0.00382. The zero-order chi connectivity index (χ0) is 9.76. The summed E-state index contributed by atoms with van der Waals surface area (Å²) in [7, 11) is 0. The van der Waals surface area contributed by atoms with Gasteiger partial charge in [-0.3, -0.25) is 4.79 Å².